The lowest BCUT2D eigenvalue weighted by molar-refractivity contribution is 0.0544. The van der Waals surface area contributed by atoms with Crippen molar-refractivity contribution in [3.05, 3.63) is 100 Å². The van der Waals surface area contributed by atoms with Crippen LogP contribution in [0.15, 0.2) is 73.1 Å². The number of nitrogens with one attached hydrogen (secondary N) is 1. The third-order valence-electron chi connectivity index (χ3n) is 5.78. The maximum Gasteiger partial charge on any atom is 0.320 e. The van der Waals surface area contributed by atoms with Crippen molar-refractivity contribution in [1.29, 1.82) is 0 Å². The second-order valence-corrected chi connectivity index (χ2v) is 7.79. The van der Waals surface area contributed by atoms with Crippen LogP contribution in [0.1, 0.15) is 27.0 Å². The molecule has 1 unspecified atom stereocenters. The Hall–Kier alpha value is -3.38. The molecule has 1 N–H and O–H groups in total. The molecule has 2 aromatic carbocycles. The van der Waals surface area contributed by atoms with Gasteiger partial charge in [0.05, 0.1) is 5.56 Å². The van der Waals surface area contributed by atoms with Crippen molar-refractivity contribution in [3.8, 4) is 0 Å². The molecule has 30 heavy (non-hydrogen) atoms. The average Bonchev–Trinajstić information content (AvgIpc) is 3.29. The molecule has 1 saturated heterocycles. The molecular weight excluding hydrogens is 400 g/mol. The highest BCUT2D eigenvalue weighted by Gasteiger charge is 2.59. The zero-order valence-corrected chi connectivity index (χ0v) is 16.8. The van der Waals surface area contributed by atoms with Crippen molar-refractivity contribution in [2.24, 2.45) is 0 Å². The zero-order chi connectivity index (χ0) is 20.7. The second kappa shape index (κ2) is 7.15. The summed E-state index contributed by atoms with van der Waals surface area (Å²) in [7, 11) is 0. The van der Waals surface area contributed by atoms with Crippen LogP contribution in [0.25, 0.3) is 0 Å². The van der Waals surface area contributed by atoms with Crippen LogP contribution in [0.2, 0.25) is 5.02 Å². The van der Waals surface area contributed by atoms with E-state index in [9.17, 15) is 9.59 Å². The van der Waals surface area contributed by atoms with Crippen molar-refractivity contribution >= 4 is 23.5 Å². The fourth-order valence-corrected chi connectivity index (χ4v) is 4.61. The largest absolute Gasteiger partial charge is 0.334 e. The summed E-state index contributed by atoms with van der Waals surface area (Å²) in [5, 5.41) is 3.60. The van der Waals surface area contributed by atoms with Crippen LogP contribution >= 0.6 is 11.6 Å². The minimum Gasteiger partial charge on any atom is -0.334 e. The Labute approximate surface area is 179 Å². The number of halogens is 1. The van der Waals surface area contributed by atoms with Crippen LogP contribution in [0.3, 0.4) is 0 Å². The maximum atomic E-state index is 13.4. The smallest absolute Gasteiger partial charge is 0.320 e. The molecule has 1 aromatic heterocycles. The number of carbonyl (C=O) groups is 2. The second-order valence-electron chi connectivity index (χ2n) is 7.35. The molecule has 3 aromatic rings. The summed E-state index contributed by atoms with van der Waals surface area (Å²) < 4.78 is 0. The quantitative estimate of drug-likeness (QED) is 0.706. The van der Waals surface area contributed by atoms with E-state index in [1.165, 1.54) is 0 Å². The van der Waals surface area contributed by atoms with Gasteiger partial charge in [0, 0.05) is 48.2 Å². The standard InChI is InChI=1S/C23H19ClN4O2/c24-18-8-6-17(7-9-18)23-20-15-25-11-10-19(20)21(29)27(23)12-13-28(23)22(30)26-14-16-4-2-1-3-5-16/h1-11,15H,12-14H2,(H,26,30). The highest BCUT2D eigenvalue weighted by atomic mass is 35.5. The number of pyridine rings is 1. The van der Waals surface area contributed by atoms with Gasteiger partial charge in [0.25, 0.3) is 5.91 Å². The third kappa shape index (κ3) is 2.68. The van der Waals surface area contributed by atoms with Gasteiger partial charge in [-0.2, -0.15) is 0 Å². The van der Waals surface area contributed by atoms with E-state index in [1.54, 1.807) is 40.4 Å². The Morgan fingerprint density at radius 2 is 1.83 bits per heavy atom. The first-order chi connectivity index (χ1) is 14.6. The Bertz CT molecular complexity index is 1120. The fourth-order valence-electron chi connectivity index (χ4n) is 4.48. The molecule has 0 bridgehead atoms. The van der Waals surface area contributed by atoms with Gasteiger partial charge < -0.3 is 10.2 Å². The average molecular weight is 419 g/mol. The summed E-state index contributed by atoms with van der Waals surface area (Å²) in [6.07, 6.45) is 3.29. The molecule has 2 aliphatic rings. The summed E-state index contributed by atoms with van der Waals surface area (Å²) in [6, 6.07) is 18.5. The van der Waals surface area contributed by atoms with Crippen molar-refractivity contribution in [2.45, 2.75) is 12.2 Å². The SMILES string of the molecule is O=C(NCc1ccccc1)N1CCN2C(=O)c3ccncc3C12c1ccc(Cl)cc1. The normalized spacial score (nSPS) is 19.6. The van der Waals surface area contributed by atoms with Crippen LogP contribution in [0.4, 0.5) is 4.79 Å². The number of benzene rings is 2. The number of amides is 3. The summed E-state index contributed by atoms with van der Waals surface area (Å²) in [5.74, 6) is -0.0966. The summed E-state index contributed by atoms with van der Waals surface area (Å²) in [4.78, 5) is 34.3. The highest BCUT2D eigenvalue weighted by Crippen LogP contribution is 2.49. The number of fused-ring (bicyclic) bond motifs is 3. The predicted octanol–water partition coefficient (Wildman–Crippen LogP) is 3.62. The molecule has 1 fully saturated rings. The van der Waals surface area contributed by atoms with Gasteiger partial charge in [-0.05, 0) is 23.8 Å². The van der Waals surface area contributed by atoms with Gasteiger partial charge in [-0.1, -0.05) is 54.1 Å². The van der Waals surface area contributed by atoms with Crippen LogP contribution < -0.4 is 5.32 Å². The minimum absolute atomic E-state index is 0.0966. The Morgan fingerprint density at radius 3 is 2.60 bits per heavy atom. The molecule has 1 atom stereocenters. The molecule has 0 aliphatic carbocycles. The summed E-state index contributed by atoms with van der Waals surface area (Å²) in [5.41, 5.74) is 2.06. The van der Waals surface area contributed by atoms with Crippen molar-refractivity contribution < 1.29 is 9.59 Å². The van der Waals surface area contributed by atoms with Crippen LogP contribution in [0, 0.1) is 0 Å². The van der Waals surface area contributed by atoms with Crippen molar-refractivity contribution in [2.75, 3.05) is 13.1 Å². The maximum absolute atomic E-state index is 13.4. The Balaban J connectivity index is 1.58. The van der Waals surface area contributed by atoms with E-state index < -0.39 is 5.66 Å². The van der Waals surface area contributed by atoms with E-state index in [0.717, 1.165) is 11.1 Å². The number of hydrogen-bond acceptors (Lipinski definition) is 3. The van der Waals surface area contributed by atoms with Gasteiger partial charge in [0.15, 0.2) is 5.66 Å². The number of carbonyl (C=O) groups excluding carboxylic acids is 2. The number of hydrogen-bond donors (Lipinski definition) is 1. The zero-order valence-electron chi connectivity index (χ0n) is 16.1. The van der Waals surface area contributed by atoms with Gasteiger partial charge in [-0.15, -0.1) is 0 Å². The first kappa shape index (κ1) is 18.6. The monoisotopic (exact) mass is 418 g/mol. The first-order valence-electron chi connectivity index (χ1n) is 9.74. The first-order valence-corrected chi connectivity index (χ1v) is 10.1. The molecule has 150 valence electrons. The molecule has 0 saturated carbocycles. The summed E-state index contributed by atoms with van der Waals surface area (Å²) >= 11 is 6.12. The topological polar surface area (TPSA) is 65.5 Å². The highest BCUT2D eigenvalue weighted by molar-refractivity contribution is 6.30. The van der Waals surface area contributed by atoms with Gasteiger partial charge in [0.2, 0.25) is 0 Å². The van der Waals surface area contributed by atoms with E-state index >= 15 is 0 Å². The number of aromatic nitrogens is 1. The number of rotatable bonds is 3. The van der Waals surface area contributed by atoms with Crippen molar-refractivity contribution in [3.63, 3.8) is 0 Å². The van der Waals surface area contributed by atoms with E-state index in [1.807, 2.05) is 42.5 Å². The molecular formula is C23H19ClN4O2. The van der Waals surface area contributed by atoms with E-state index in [0.29, 0.717) is 35.8 Å². The van der Waals surface area contributed by atoms with Gasteiger partial charge in [0.1, 0.15) is 0 Å². The minimum atomic E-state index is -1.04. The van der Waals surface area contributed by atoms with E-state index in [2.05, 4.69) is 10.3 Å². The van der Waals surface area contributed by atoms with Gasteiger partial charge in [-0.3, -0.25) is 14.7 Å². The van der Waals surface area contributed by atoms with E-state index in [-0.39, 0.29) is 11.9 Å². The fraction of sp³-hybridized carbons (Fsp3) is 0.174. The lowest BCUT2D eigenvalue weighted by Crippen LogP contribution is -2.54. The molecule has 7 heteroatoms. The Kier molecular flexibility index (Phi) is 4.44. The number of urea groups is 1. The predicted molar refractivity (Wildman–Crippen MR) is 113 cm³/mol. The molecule has 2 aliphatic heterocycles. The van der Waals surface area contributed by atoms with Crippen LogP contribution in [0.5, 0.6) is 0 Å². The number of nitrogens with zero attached hydrogens (tertiary/aromatic N) is 3. The lowest BCUT2D eigenvalue weighted by Gasteiger charge is -2.40. The van der Waals surface area contributed by atoms with Gasteiger partial charge >= 0.3 is 6.03 Å². The molecule has 6 nitrogen and oxygen atoms in total. The molecule has 3 amide bonds. The van der Waals surface area contributed by atoms with E-state index in [4.69, 9.17) is 11.6 Å². The summed E-state index contributed by atoms with van der Waals surface area (Å²) in [6.45, 7) is 1.26. The lowest BCUT2D eigenvalue weighted by atomic mass is 9.91. The Morgan fingerprint density at radius 1 is 1.07 bits per heavy atom. The van der Waals surface area contributed by atoms with Gasteiger partial charge in [-0.25, -0.2) is 4.79 Å². The van der Waals surface area contributed by atoms with Crippen LogP contribution in [-0.2, 0) is 12.2 Å². The molecule has 0 spiro atoms. The van der Waals surface area contributed by atoms with Crippen LogP contribution in [-0.4, -0.2) is 39.8 Å². The van der Waals surface area contributed by atoms with Crippen molar-refractivity contribution in [1.82, 2.24) is 20.1 Å². The third-order valence-corrected chi connectivity index (χ3v) is 6.03. The molecule has 3 heterocycles. The molecule has 5 rings (SSSR count). The molecule has 0 radical (unpaired) electrons.